The topological polar surface area (TPSA) is 42.0 Å². The van der Waals surface area contributed by atoms with Crippen molar-refractivity contribution in [3.05, 3.63) is 69.3 Å². The largest absolute Gasteiger partial charge is 0.298 e. The number of nitrogens with zero attached hydrogens (tertiary/aromatic N) is 1. The second kappa shape index (κ2) is 6.14. The highest BCUT2D eigenvalue weighted by Gasteiger charge is 2.14. The molecule has 1 aromatic heterocycles. The van der Waals surface area contributed by atoms with E-state index in [4.69, 9.17) is 0 Å². The number of carbonyl (C=O) groups excluding carboxylic acids is 1. The van der Waals surface area contributed by atoms with E-state index in [1.54, 1.807) is 0 Å². The van der Waals surface area contributed by atoms with E-state index in [1.807, 2.05) is 37.3 Å². The van der Waals surface area contributed by atoms with E-state index in [0.717, 1.165) is 30.1 Å². The van der Waals surface area contributed by atoms with Crippen LogP contribution in [0.25, 0.3) is 21.0 Å². The van der Waals surface area contributed by atoms with Crippen molar-refractivity contribution in [2.75, 3.05) is 5.32 Å². The molecule has 1 amide bonds. The molecule has 0 aliphatic carbocycles. The fourth-order valence-electron chi connectivity index (χ4n) is 2.70. The van der Waals surface area contributed by atoms with Crippen LogP contribution < -0.4 is 5.32 Å². The highest BCUT2D eigenvalue weighted by atomic mass is 127. The Hall–Kier alpha value is -1.99. The second-order valence-corrected chi connectivity index (χ2v) is 7.65. The quantitative estimate of drug-likeness (QED) is 0.408. The summed E-state index contributed by atoms with van der Waals surface area (Å²) in [6, 6.07) is 18.0. The molecule has 0 spiro atoms. The summed E-state index contributed by atoms with van der Waals surface area (Å²) in [6.45, 7) is 2.00. The lowest BCUT2D eigenvalue weighted by molar-refractivity contribution is 0.102. The van der Waals surface area contributed by atoms with E-state index < -0.39 is 0 Å². The van der Waals surface area contributed by atoms with Gasteiger partial charge in [-0.1, -0.05) is 53.8 Å². The van der Waals surface area contributed by atoms with E-state index in [9.17, 15) is 4.79 Å². The molecule has 24 heavy (non-hydrogen) atoms. The van der Waals surface area contributed by atoms with Gasteiger partial charge in [0.25, 0.3) is 5.91 Å². The molecule has 0 fully saturated rings. The maximum absolute atomic E-state index is 12.6. The standard InChI is InChI=1S/C19H13IN2OS/c1-11-5-4-8-14(16(11)20)18(23)22-19-21-17-13-7-3-2-6-12(13)9-10-15(17)24-19/h2-10H,1H3,(H,21,22,23). The van der Waals surface area contributed by atoms with Crippen molar-refractivity contribution in [1.82, 2.24) is 4.98 Å². The molecule has 0 saturated carbocycles. The number of nitrogens with one attached hydrogen (secondary N) is 1. The smallest absolute Gasteiger partial charge is 0.258 e. The lowest BCUT2D eigenvalue weighted by atomic mass is 10.1. The van der Waals surface area contributed by atoms with Crippen LogP contribution in [0.5, 0.6) is 0 Å². The SMILES string of the molecule is Cc1cccc(C(=O)Nc2nc3c(ccc4ccccc43)s2)c1I. The van der Waals surface area contributed by atoms with E-state index >= 15 is 0 Å². The molecular weight excluding hydrogens is 431 g/mol. The van der Waals surface area contributed by atoms with Crippen molar-refractivity contribution >= 4 is 66.0 Å². The minimum Gasteiger partial charge on any atom is -0.298 e. The first-order chi connectivity index (χ1) is 11.6. The van der Waals surface area contributed by atoms with Crippen LogP contribution in [0.1, 0.15) is 15.9 Å². The zero-order valence-electron chi connectivity index (χ0n) is 12.8. The first-order valence-corrected chi connectivity index (χ1v) is 9.38. The Morgan fingerprint density at radius 1 is 1.08 bits per heavy atom. The summed E-state index contributed by atoms with van der Waals surface area (Å²) in [6.07, 6.45) is 0. The number of thiazole rings is 1. The van der Waals surface area contributed by atoms with Gasteiger partial charge in [-0.25, -0.2) is 4.98 Å². The maximum atomic E-state index is 12.6. The number of anilines is 1. The van der Waals surface area contributed by atoms with Crippen LogP contribution in [0.15, 0.2) is 54.6 Å². The van der Waals surface area contributed by atoms with Gasteiger partial charge in [-0.15, -0.1) is 0 Å². The van der Waals surface area contributed by atoms with Gasteiger partial charge in [0.15, 0.2) is 5.13 Å². The van der Waals surface area contributed by atoms with Gasteiger partial charge in [0.2, 0.25) is 0 Å². The Bertz CT molecular complexity index is 1090. The van der Waals surface area contributed by atoms with Crippen LogP contribution in [0.3, 0.4) is 0 Å². The van der Waals surface area contributed by atoms with Gasteiger partial charge in [0.05, 0.1) is 15.8 Å². The van der Waals surface area contributed by atoms with E-state index in [-0.39, 0.29) is 5.91 Å². The highest BCUT2D eigenvalue weighted by Crippen LogP contribution is 2.32. The molecule has 0 aliphatic heterocycles. The van der Waals surface area contributed by atoms with Gasteiger partial charge in [0.1, 0.15) is 0 Å². The highest BCUT2D eigenvalue weighted by molar-refractivity contribution is 14.1. The minimum atomic E-state index is -0.119. The third kappa shape index (κ3) is 2.67. The normalized spacial score (nSPS) is 11.1. The molecule has 1 heterocycles. The van der Waals surface area contributed by atoms with Crippen LogP contribution in [0, 0.1) is 10.5 Å². The van der Waals surface area contributed by atoms with Crippen molar-refractivity contribution in [2.24, 2.45) is 0 Å². The fraction of sp³-hybridized carbons (Fsp3) is 0.0526. The average molecular weight is 444 g/mol. The van der Waals surface area contributed by atoms with Gasteiger partial charge in [-0.05, 0) is 52.6 Å². The Morgan fingerprint density at radius 2 is 1.92 bits per heavy atom. The van der Waals surface area contributed by atoms with Crippen LogP contribution in [0.2, 0.25) is 0 Å². The van der Waals surface area contributed by atoms with Crippen LogP contribution >= 0.6 is 33.9 Å². The molecule has 3 aromatic carbocycles. The molecule has 4 aromatic rings. The molecule has 0 atom stereocenters. The van der Waals surface area contributed by atoms with E-state index in [2.05, 4.69) is 57.2 Å². The summed E-state index contributed by atoms with van der Waals surface area (Å²) in [4.78, 5) is 17.2. The van der Waals surface area contributed by atoms with Gasteiger partial charge < -0.3 is 0 Å². The molecule has 0 saturated heterocycles. The molecule has 5 heteroatoms. The summed E-state index contributed by atoms with van der Waals surface area (Å²) in [7, 11) is 0. The van der Waals surface area contributed by atoms with Crippen LogP contribution in [-0.2, 0) is 0 Å². The number of aryl methyl sites for hydroxylation is 1. The number of amides is 1. The molecule has 0 bridgehead atoms. The van der Waals surface area contributed by atoms with Crippen molar-refractivity contribution < 1.29 is 4.79 Å². The molecule has 0 aliphatic rings. The number of rotatable bonds is 2. The number of hydrogen-bond donors (Lipinski definition) is 1. The fourth-order valence-corrected chi connectivity index (χ4v) is 4.18. The number of hydrogen-bond acceptors (Lipinski definition) is 3. The number of benzene rings is 3. The number of fused-ring (bicyclic) bond motifs is 3. The number of carbonyl (C=O) groups is 1. The lowest BCUT2D eigenvalue weighted by Gasteiger charge is -2.06. The molecule has 4 rings (SSSR count). The van der Waals surface area contributed by atoms with Crippen molar-refractivity contribution in [1.29, 1.82) is 0 Å². The average Bonchev–Trinajstić information content (AvgIpc) is 3.00. The van der Waals surface area contributed by atoms with E-state index in [1.165, 1.54) is 11.3 Å². The van der Waals surface area contributed by atoms with Crippen molar-refractivity contribution in [2.45, 2.75) is 6.92 Å². The molecule has 0 radical (unpaired) electrons. The number of halogens is 1. The van der Waals surface area contributed by atoms with Crippen molar-refractivity contribution in [3.63, 3.8) is 0 Å². The second-order valence-electron chi connectivity index (χ2n) is 5.54. The Balaban J connectivity index is 1.73. The first kappa shape index (κ1) is 15.5. The Labute approximate surface area is 156 Å². The Kier molecular flexibility index (Phi) is 3.97. The minimum absolute atomic E-state index is 0.119. The molecule has 3 nitrogen and oxygen atoms in total. The van der Waals surface area contributed by atoms with Gasteiger partial charge >= 0.3 is 0 Å². The van der Waals surface area contributed by atoms with Crippen LogP contribution in [-0.4, -0.2) is 10.9 Å². The summed E-state index contributed by atoms with van der Waals surface area (Å²) >= 11 is 3.71. The van der Waals surface area contributed by atoms with E-state index in [0.29, 0.717) is 10.7 Å². The van der Waals surface area contributed by atoms with Gasteiger partial charge in [-0.3, -0.25) is 10.1 Å². The molecule has 0 unspecified atom stereocenters. The lowest BCUT2D eigenvalue weighted by Crippen LogP contribution is -2.13. The molecule has 1 N–H and O–H groups in total. The first-order valence-electron chi connectivity index (χ1n) is 7.48. The monoisotopic (exact) mass is 444 g/mol. The maximum Gasteiger partial charge on any atom is 0.258 e. The van der Waals surface area contributed by atoms with Gasteiger partial charge in [-0.2, -0.15) is 0 Å². The van der Waals surface area contributed by atoms with Crippen LogP contribution in [0.4, 0.5) is 5.13 Å². The third-order valence-electron chi connectivity index (χ3n) is 3.94. The zero-order chi connectivity index (χ0) is 16.7. The Morgan fingerprint density at radius 3 is 2.79 bits per heavy atom. The third-order valence-corrected chi connectivity index (χ3v) is 6.31. The predicted octanol–water partition coefficient (Wildman–Crippen LogP) is 5.61. The number of aromatic nitrogens is 1. The summed E-state index contributed by atoms with van der Waals surface area (Å²) < 4.78 is 2.04. The molecular formula is C19H13IN2OS. The zero-order valence-corrected chi connectivity index (χ0v) is 15.8. The van der Waals surface area contributed by atoms with Crippen molar-refractivity contribution in [3.8, 4) is 0 Å². The summed E-state index contributed by atoms with van der Waals surface area (Å²) in [5.74, 6) is -0.119. The molecule has 118 valence electrons. The summed E-state index contributed by atoms with van der Waals surface area (Å²) in [5, 5.41) is 5.83. The summed E-state index contributed by atoms with van der Waals surface area (Å²) in [5.41, 5.74) is 2.71. The predicted molar refractivity (Wildman–Crippen MR) is 109 cm³/mol. The van der Waals surface area contributed by atoms with Gasteiger partial charge in [0, 0.05) is 8.96 Å².